The third kappa shape index (κ3) is 5.36. The Balaban J connectivity index is 1.60. The van der Waals surface area contributed by atoms with Crippen molar-refractivity contribution in [2.75, 3.05) is 37.5 Å². The van der Waals surface area contributed by atoms with Crippen molar-refractivity contribution >= 4 is 17.3 Å². The molecular weight excluding hydrogens is 268 g/mol. The van der Waals surface area contributed by atoms with Crippen LogP contribution in [-0.4, -0.2) is 32.3 Å². The van der Waals surface area contributed by atoms with E-state index in [1.807, 2.05) is 19.1 Å². The molecule has 0 bridgehead atoms. The van der Waals surface area contributed by atoms with Gasteiger partial charge in [0.15, 0.2) is 0 Å². The van der Waals surface area contributed by atoms with Gasteiger partial charge in [0.2, 0.25) is 5.91 Å². The van der Waals surface area contributed by atoms with Crippen LogP contribution >= 0.6 is 0 Å². The molecule has 2 rings (SSSR count). The summed E-state index contributed by atoms with van der Waals surface area (Å²) in [5.74, 6) is 0.534. The summed E-state index contributed by atoms with van der Waals surface area (Å²) in [5, 5.41) is 2.90. The number of hydrogen-bond acceptors (Lipinski definition) is 4. The summed E-state index contributed by atoms with van der Waals surface area (Å²) in [6.45, 7) is 4.93. The highest BCUT2D eigenvalue weighted by Gasteiger charge is 2.15. The fourth-order valence-corrected chi connectivity index (χ4v) is 2.34. The Bertz CT molecular complexity index is 471. The van der Waals surface area contributed by atoms with Crippen molar-refractivity contribution in [3.8, 4) is 0 Å². The Morgan fingerprint density at radius 2 is 2.38 bits per heavy atom. The number of benzene rings is 1. The van der Waals surface area contributed by atoms with E-state index in [0.717, 1.165) is 43.9 Å². The highest BCUT2D eigenvalue weighted by atomic mass is 16.5. The van der Waals surface area contributed by atoms with Crippen LogP contribution in [0.2, 0.25) is 0 Å². The fourth-order valence-electron chi connectivity index (χ4n) is 2.34. The van der Waals surface area contributed by atoms with Crippen LogP contribution in [0, 0.1) is 12.8 Å². The molecule has 1 aromatic carbocycles. The summed E-state index contributed by atoms with van der Waals surface area (Å²) in [7, 11) is 0. The lowest BCUT2D eigenvalue weighted by atomic mass is 10.1. The molecule has 1 fully saturated rings. The lowest BCUT2D eigenvalue weighted by molar-refractivity contribution is -0.116. The number of ether oxygens (including phenoxy) is 2. The third-order valence-electron chi connectivity index (χ3n) is 3.59. The van der Waals surface area contributed by atoms with Crippen LogP contribution in [-0.2, 0) is 14.3 Å². The van der Waals surface area contributed by atoms with Crippen LogP contribution in [0.4, 0.5) is 11.4 Å². The van der Waals surface area contributed by atoms with Gasteiger partial charge in [0.1, 0.15) is 0 Å². The number of nitrogens with one attached hydrogen (secondary N) is 1. The topological polar surface area (TPSA) is 73.6 Å². The average molecular weight is 292 g/mol. The smallest absolute Gasteiger partial charge is 0.224 e. The maximum atomic E-state index is 11.9. The summed E-state index contributed by atoms with van der Waals surface area (Å²) >= 11 is 0. The van der Waals surface area contributed by atoms with Crippen molar-refractivity contribution in [3.63, 3.8) is 0 Å². The Hall–Kier alpha value is -1.59. The largest absolute Gasteiger partial charge is 0.399 e. The van der Waals surface area contributed by atoms with Gasteiger partial charge >= 0.3 is 0 Å². The molecule has 0 saturated carbocycles. The Morgan fingerprint density at radius 3 is 3.10 bits per heavy atom. The lowest BCUT2D eigenvalue weighted by Crippen LogP contribution is -2.14. The van der Waals surface area contributed by atoms with Gasteiger partial charge in [-0.15, -0.1) is 0 Å². The van der Waals surface area contributed by atoms with E-state index >= 15 is 0 Å². The van der Waals surface area contributed by atoms with Crippen LogP contribution in [0.25, 0.3) is 0 Å². The van der Waals surface area contributed by atoms with E-state index in [1.54, 1.807) is 6.07 Å². The molecule has 1 heterocycles. The standard InChI is InChI=1S/C16H24N2O3/c1-12-9-14(17)4-5-15(12)18-16(19)3-2-7-20-10-13-6-8-21-11-13/h4-5,9,13H,2-3,6-8,10-11,17H2,1H3,(H,18,19). The first kappa shape index (κ1) is 15.8. The molecule has 21 heavy (non-hydrogen) atoms. The molecule has 1 aliphatic rings. The van der Waals surface area contributed by atoms with Gasteiger partial charge in [-0.1, -0.05) is 0 Å². The van der Waals surface area contributed by atoms with E-state index in [9.17, 15) is 4.79 Å². The van der Waals surface area contributed by atoms with Crippen molar-refractivity contribution in [3.05, 3.63) is 23.8 Å². The zero-order valence-corrected chi connectivity index (χ0v) is 12.6. The van der Waals surface area contributed by atoms with Gasteiger partial charge in [-0.05, 0) is 43.5 Å². The highest BCUT2D eigenvalue weighted by molar-refractivity contribution is 5.91. The number of anilines is 2. The van der Waals surface area contributed by atoms with E-state index in [1.165, 1.54) is 0 Å². The zero-order valence-electron chi connectivity index (χ0n) is 12.6. The molecule has 116 valence electrons. The van der Waals surface area contributed by atoms with E-state index in [-0.39, 0.29) is 5.91 Å². The maximum absolute atomic E-state index is 11.9. The lowest BCUT2D eigenvalue weighted by Gasteiger charge is -2.10. The predicted molar refractivity (Wildman–Crippen MR) is 83.2 cm³/mol. The van der Waals surface area contributed by atoms with Gasteiger partial charge < -0.3 is 20.5 Å². The van der Waals surface area contributed by atoms with Crippen LogP contribution in [0.15, 0.2) is 18.2 Å². The molecule has 1 saturated heterocycles. The first-order chi connectivity index (χ1) is 10.1. The van der Waals surface area contributed by atoms with E-state index < -0.39 is 0 Å². The number of amides is 1. The number of hydrogen-bond donors (Lipinski definition) is 2. The number of carbonyl (C=O) groups is 1. The summed E-state index contributed by atoms with van der Waals surface area (Å²) in [4.78, 5) is 11.9. The Labute approximate surface area is 125 Å². The van der Waals surface area contributed by atoms with Gasteiger partial charge in [-0.2, -0.15) is 0 Å². The van der Waals surface area contributed by atoms with E-state index in [4.69, 9.17) is 15.2 Å². The molecular formula is C16H24N2O3. The average Bonchev–Trinajstić information content (AvgIpc) is 2.95. The Morgan fingerprint density at radius 1 is 1.52 bits per heavy atom. The summed E-state index contributed by atoms with van der Waals surface area (Å²) in [6.07, 6.45) is 2.27. The molecule has 1 unspecified atom stereocenters. The van der Waals surface area contributed by atoms with Crippen molar-refractivity contribution in [2.45, 2.75) is 26.2 Å². The molecule has 1 aliphatic heterocycles. The molecule has 1 amide bonds. The molecule has 1 atom stereocenters. The molecule has 0 aliphatic carbocycles. The summed E-state index contributed by atoms with van der Waals surface area (Å²) in [5.41, 5.74) is 8.18. The van der Waals surface area contributed by atoms with E-state index in [0.29, 0.717) is 24.6 Å². The second-order valence-electron chi connectivity index (χ2n) is 5.53. The molecule has 1 aromatic rings. The number of nitrogen functional groups attached to an aromatic ring is 1. The van der Waals surface area contributed by atoms with Crippen LogP contribution in [0.5, 0.6) is 0 Å². The first-order valence-corrected chi connectivity index (χ1v) is 7.46. The number of rotatable bonds is 7. The number of aryl methyl sites for hydroxylation is 1. The quantitative estimate of drug-likeness (QED) is 0.597. The molecule has 0 spiro atoms. The van der Waals surface area contributed by atoms with Crippen LogP contribution in [0.1, 0.15) is 24.8 Å². The minimum absolute atomic E-state index is 0.00988. The summed E-state index contributed by atoms with van der Waals surface area (Å²) < 4.78 is 10.9. The van der Waals surface area contributed by atoms with Gasteiger partial charge in [0.25, 0.3) is 0 Å². The van der Waals surface area contributed by atoms with Gasteiger partial charge in [-0.3, -0.25) is 4.79 Å². The van der Waals surface area contributed by atoms with Gasteiger partial charge in [0, 0.05) is 36.9 Å². The van der Waals surface area contributed by atoms with Crippen molar-refractivity contribution < 1.29 is 14.3 Å². The monoisotopic (exact) mass is 292 g/mol. The summed E-state index contributed by atoms with van der Waals surface area (Å²) in [6, 6.07) is 5.47. The zero-order chi connectivity index (χ0) is 15.1. The second kappa shape index (κ2) is 8.00. The number of nitrogens with two attached hydrogens (primary N) is 1. The predicted octanol–water partition coefficient (Wildman–Crippen LogP) is 2.35. The molecule has 0 radical (unpaired) electrons. The highest BCUT2D eigenvalue weighted by Crippen LogP contribution is 2.18. The first-order valence-electron chi connectivity index (χ1n) is 7.46. The van der Waals surface area contributed by atoms with Gasteiger partial charge in [-0.25, -0.2) is 0 Å². The normalized spacial score (nSPS) is 17.9. The molecule has 3 N–H and O–H groups in total. The van der Waals surface area contributed by atoms with Crippen molar-refractivity contribution in [1.29, 1.82) is 0 Å². The second-order valence-corrected chi connectivity index (χ2v) is 5.53. The SMILES string of the molecule is Cc1cc(N)ccc1NC(=O)CCCOCC1CCOC1. The van der Waals surface area contributed by atoms with Crippen LogP contribution < -0.4 is 11.1 Å². The molecule has 5 nitrogen and oxygen atoms in total. The fraction of sp³-hybridized carbons (Fsp3) is 0.562. The minimum Gasteiger partial charge on any atom is -0.399 e. The van der Waals surface area contributed by atoms with E-state index in [2.05, 4.69) is 5.32 Å². The third-order valence-corrected chi connectivity index (χ3v) is 3.59. The number of carbonyl (C=O) groups excluding carboxylic acids is 1. The maximum Gasteiger partial charge on any atom is 0.224 e. The minimum atomic E-state index is 0.00988. The van der Waals surface area contributed by atoms with Crippen LogP contribution in [0.3, 0.4) is 0 Å². The van der Waals surface area contributed by atoms with Crippen molar-refractivity contribution in [2.24, 2.45) is 5.92 Å². The molecule has 5 heteroatoms. The molecule has 0 aromatic heterocycles. The van der Waals surface area contributed by atoms with Crippen molar-refractivity contribution in [1.82, 2.24) is 0 Å². The Kier molecular flexibility index (Phi) is 6.02. The van der Waals surface area contributed by atoms with Gasteiger partial charge in [0.05, 0.1) is 13.2 Å².